The van der Waals surface area contributed by atoms with Crippen molar-refractivity contribution >= 4 is 29.1 Å². The van der Waals surface area contributed by atoms with Crippen LogP contribution in [0.3, 0.4) is 0 Å². The molecule has 2 aromatic rings. The van der Waals surface area contributed by atoms with Crippen molar-refractivity contribution in [3.05, 3.63) is 53.1 Å². The third kappa shape index (κ3) is 3.83. The molecule has 1 atom stereocenters. The first-order valence-electron chi connectivity index (χ1n) is 7.94. The van der Waals surface area contributed by atoms with Gasteiger partial charge in [0.25, 0.3) is 11.8 Å². The molecule has 2 N–H and O–H groups in total. The quantitative estimate of drug-likeness (QED) is 0.839. The second-order valence-corrected chi connectivity index (χ2v) is 6.12. The predicted octanol–water partition coefficient (Wildman–Crippen LogP) is 2.67. The number of benzene rings is 2. The van der Waals surface area contributed by atoms with E-state index in [2.05, 4.69) is 10.7 Å². The van der Waals surface area contributed by atoms with Gasteiger partial charge < -0.3 is 14.8 Å². The Morgan fingerprint density at radius 2 is 1.92 bits per heavy atom. The van der Waals surface area contributed by atoms with Crippen molar-refractivity contribution < 1.29 is 19.1 Å². The molecular weight excluding hydrogens is 358 g/mol. The number of ether oxygens (including phenoxy) is 2. The molecule has 1 aliphatic heterocycles. The van der Waals surface area contributed by atoms with E-state index in [-0.39, 0.29) is 12.5 Å². The maximum Gasteiger partial charge on any atom is 0.276 e. The Morgan fingerprint density at radius 3 is 2.62 bits per heavy atom. The number of amides is 2. The van der Waals surface area contributed by atoms with E-state index < -0.39 is 12.1 Å². The molecule has 8 heteroatoms. The molecule has 3 rings (SSSR count). The summed E-state index contributed by atoms with van der Waals surface area (Å²) in [5.41, 5.74) is 3.63. The Morgan fingerprint density at radius 1 is 1.23 bits per heavy atom. The number of nitrogens with one attached hydrogen (secondary N) is 2. The molecule has 0 saturated heterocycles. The highest BCUT2D eigenvalue weighted by molar-refractivity contribution is 6.31. The van der Waals surface area contributed by atoms with Gasteiger partial charge in [-0.15, -0.1) is 0 Å². The fourth-order valence-corrected chi connectivity index (χ4v) is 2.72. The van der Waals surface area contributed by atoms with Crippen LogP contribution in [0, 0.1) is 0 Å². The zero-order chi connectivity index (χ0) is 18.7. The Labute approximate surface area is 155 Å². The fraction of sp³-hybridized carbons (Fsp3) is 0.222. The highest BCUT2D eigenvalue weighted by Crippen LogP contribution is 2.27. The van der Waals surface area contributed by atoms with Crippen LogP contribution in [-0.4, -0.2) is 36.7 Å². The average molecular weight is 376 g/mol. The minimum absolute atomic E-state index is 0.231. The Kier molecular flexibility index (Phi) is 5.18. The van der Waals surface area contributed by atoms with E-state index in [0.29, 0.717) is 27.8 Å². The second kappa shape index (κ2) is 7.53. The van der Waals surface area contributed by atoms with E-state index in [9.17, 15) is 9.59 Å². The lowest BCUT2D eigenvalue weighted by molar-refractivity contribution is -0.127. The van der Waals surface area contributed by atoms with Crippen LogP contribution in [0.15, 0.2) is 42.5 Å². The number of carbonyl (C=O) groups excluding carboxylic acids is 2. The molecule has 1 heterocycles. The van der Waals surface area contributed by atoms with Crippen LogP contribution < -0.4 is 20.2 Å². The monoisotopic (exact) mass is 375 g/mol. The normalized spacial score (nSPS) is 15.7. The summed E-state index contributed by atoms with van der Waals surface area (Å²) in [6.07, 6.45) is -0.416. The van der Waals surface area contributed by atoms with Crippen LogP contribution in [0.5, 0.6) is 11.5 Å². The maximum atomic E-state index is 12.6. The van der Waals surface area contributed by atoms with Crippen LogP contribution >= 0.6 is 11.6 Å². The summed E-state index contributed by atoms with van der Waals surface area (Å²) < 4.78 is 10.5. The van der Waals surface area contributed by atoms with Gasteiger partial charge in [-0.3, -0.25) is 15.0 Å². The van der Waals surface area contributed by atoms with Crippen molar-refractivity contribution in [3.63, 3.8) is 0 Å². The third-order valence-electron chi connectivity index (χ3n) is 3.86. The summed E-state index contributed by atoms with van der Waals surface area (Å²) in [6.45, 7) is 1.53. The summed E-state index contributed by atoms with van der Waals surface area (Å²) in [4.78, 5) is 24.8. The molecule has 0 spiro atoms. The zero-order valence-electron chi connectivity index (χ0n) is 14.3. The van der Waals surface area contributed by atoms with Gasteiger partial charge in [0, 0.05) is 10.7 Å². The molecule has 0 aromatic heterocycles. The van der Waals surface area contributed by atoms with Gasteiger partial charge in [-0.1, -0.05) is 11.6 Å². The minimum atomic E-state index is -0.451. The van der Waals surface area contributed by atoms with Gasteiger partial charge in [0.05, 0.1) is 12.7 Å². The molecule has 1 aliphatic rings. The lowest BCUT2D eigenvalue weighted by Crippen LogP contribution is -2.56. The van der Waals surface area contributed by atoms with Crippen LogP contribution in [0.1, 0.15) is 17.3 Å². The summed E-state index contributed by atoms with van der Waals surface area (Å²) in [5.74, 6) is 0.423. The molecule has 26 heavy (non-hydrogen) atoms. The number of hydrogen-bond acceptors (Lipinski definition) is 5. The predicted molar refractivity (Wildman–Crippen MR) is 97.3 cm³/mol. The first kappa shape index (κ1) is 17.9. The molecule has 1 unspecified atom stereocenters. The lowest BCUT2D eigenvalue weighted by atomic mass is 10.1. The maximum absolute atomic E-state index is 12.6. The molecule has 0 fully saturated rings. The largest absolute Gasteiger partial charge is 0.497 e. The summed E-state index contributed by atoms with van der Waals surface area (Å²) in [7, 11) is 1.57. The van der Waals surface area contributed by atoms with E-state index in [1.165, 1.54) is 5.01 Å². The van der Waals surface area contributed by atoms with Gasteiger partial charge in [-0.25, -0.2) is 5.01 Å². The molecule has 2 amide bonds. The van der Waals surface area contributed by atoms with E-state index >= 15 is 0 Å². The fourth-order valence-electron chi connectivity index (χ4n) is 2.55. The van der Waals surface area contributed by atoms with Crippen LogP contribution in [0.4, 0.5) is 5.69 Å². The van der Waals surface area contributed by atoms with Gasteiger partial charge in [0.15, 0.2) is 6.61 Å². The van der Waals surface area contributed by atoms with Crippen molar-refractivity contribution in [2.24, 2.45) is 0 Å². The molecule has 0 aliphatic carbocycles. The molecule has 7 nitrogen and oxygen atoms in total. The highest BCUT2D eigenvalue weighted by Gasteiger charge is 2.30. The standard InChI is InChI=1S/C18H18ClN3O4/c1-11-20-16-8-3-12(19)9-15(16)18(24)22(11)21-17(23)10-26-14-6-4-13(25-2)5-7-14/h3-9,11,20H,10H2,1-2H3,(H,21,23). The molecule has 0 radical (unpaired) electrons. The lowest BCUT2D eigenvalue weighted by Gasteiger charge is -2.35. The molecule has 2 aromatic carbocycles. The Bertz CT molecular complexity index is 826. The molecule has 0 saturated carbocycles. The van der Waals surface area contributed by atoms with Crippen molar-refractivity contribution in [2.75, 3.05) is 19.0 Å². The van der Waals surface area contributed by atoms with Crippen LogP contribution in [0.25, 0.3) is 0 Å². The van der Waals surface area contributed by atoms with Crippen molar-refractivity contribution in [1.82, 2.24) is 10.4 Å². The average Bonchev–Trinajstić information content (AvgIpc) is 2.64. The number of rotatable bonds is 5. The third-order valence-corrected chi connectivity index (χ3v) is 4.09. The number of hydrogen-bond donors (Lipinski definition) is 2. The van der Waals surface area contributed by atoms with Gasteiger partial charge in [-0.05, 0) is 49.4 Å². The molecule has 0 bridgehead atoms. The second-order valence-electron chi connectivity index (χ2n) is 5.68. The number of carbonyl (C=O) groups is 2. The van der Waals surface area contributed by atoms with Gasteiger partial charge in [0.1, 0.15) is 17.7 Å². The minimum Gasteiger partial charge on any atom is -0.497 e. The van der Waals surface area contributed by atoms with E-state index in [0.717, 1.165) is 0 Å². The number of halogens is 1. The van der Waals surface area contributed by atoms with Gasteiger partial charge >= 0.3 is 0 Å². The van der Waals surface area contributed by atoms with Crippen molar-refractivity contribution in [2.45, 2.75) is 13.1 Å². The Hall–Kier alpha value is -2.93. The van der Waals surface area contributed by atoms with E-state index in [4.69, 9.17) is 21.1 Å². The number of fused-ring (bicyclic) bond motifs is 1. The number of methoxy groups -OCH3 is 1. The highest BCUT2D eigenvalue weighted by atomic mass is 35.5. The number of nitrogens with zero attached hydrogens (tertiary/aromatic N) is 1. The first-order chi connectivity index (χ1) is 12.5. The van der Waals surface area contributed by atoms with Crippen molar-refractivity contribution in [3.8, 4) is 11.5 Å². The summed E-state index contributed by atoms with van der Waals surface area (Å²) in [6, 6.07) is 11.8. The number of anilines is 1. The summed E-state index contributed by atoms with van der Waals surface area (Å²) in [5, 5.41) is 4.80. The molecule has 136 valence electrons. The van der Waals surface area contributed by atoms with Gasteiger partial charge in [-0.2, -0.15) is 0 Å². The van der Waals surface area contributed by atoms with Gasteiger partial charge in [0.2, 0.25) is 0 Å². The number of hydrazine groups is 1. The van der Waals surface area contributed by atoms with Crippen LogP contribution in [-0.2, 0) is 4.79 Å². The Balaban J connectivity index is 1.62. The SMILES string of the molecule is COc1ccc(OCC(=O)NN2C(=O)c3cc(Cl)ccc3NC2C)cc1. The van der Waals surface area contributed by atoms with Crippen LogP contribution in [0.2, 0.25) is 5.02 Å². The first-order valence-corrected chi connectivity index (χ1v) is 8.31. The smallest absolute Gasteiger partial charge is 0.276 e. The zero-order valence-corrected chi connectivity index (χ0v) is 15.0. The molecular formula is C18H18ClN3O4. The summed E-state index contributed by atoms with van der Waals surface area (Å²) >= 11 is 5.96. The topological polar surface area (TPSA) is 79.9 Å². The van der Waals surface area contributed by atoms with E-state index in [1.807, 2.05) is 0 Å². The van der Waals surface area contributed by atoms with E-state index in [1.54, 1.807) is 56.5 Å². The van der Waals surface area contributed by atoms with Crippen molar-refractivity contribution in [1.29, 1.82) is 0 Å².